The summed E-state index contributed by atoms with van der Waals surface area (Å²) in [6.07, 6.45) is -1.39. The lowest BCUT2D eigenvalue weighted by Gasteiger charge is -2.33. The average molecular weight is 190 g/mol. The number of hydrogen-bond donors (Lipinski definition) is 3. The molecule has 0 aromatic carbocycles. The van der Waals surface area contributed by atoms with Gasteiger partial charge in [-0.25, -0.2) is 0 Å². The summed E-state index contributed by atoms with van der Waals surface area (Å²) in [4.78, 5) is 10.9. The minimum atomic E-state index is -1.45. The van der Waals surface area contributed by atoms with Gasteiger partial charge < -0.3 is 15.3 Å². The maximum atomic E-state index is 10.9. The van der Waals surface area contributed by atoms with E-state index in [1.165, 1.54) is 6.92 Å². The molecule has 0 rings (SSSR count). The molecule has 0 aliphatic rings. The molecular weight excluding hydrogens is 172 g/mol. The first-order valence-corrected chi connectivity index (χ1v) is 4.50. The summed E-state index contributed by atoms with van der Waals surface area (Å²) in [5.74, 6) is -1.16. The van der Waals surface area contributed by atoms with Crippen molar-refractivity contribution >= 4 is 5.97 Å². The molecule has 78 valence electrons. The van der Waals surface area contributed by atoms with Crippen molar-refractivity contribution in [3.05, 3.63) is 0 Å². The van der Waals surface area contributed by atoms with Gasteiger partial charge in [-0.2, -0.15) is 0 Å². The van der Waals surface area contributed by atoms with Gasteiger partial charge in [0.25, 0.3) is 0 Å². The Morgan fingerprint density at radius 3 is 1.69 bits per heavy atom. The van der Waals surface area contributed by atoms with E-state index in [9.17, 15) is 15.0 Å². The number of rotatable bonds is 5. The summed E-state index contributed by atoms with van der Waals surface area (Å²) in [5, 5.41) is 27.9. The van der Waals surface area contributed by atoms with Gasteiger partial charge in [-0.1, -0.05) is 13.8 Å². The molecule has 4 nitrogen and oxygen atoms in total. The number of hydrogen-bond acceptors (Lipinski definition) is 3. The highest BCUT2D eigenvalue weighted by Crippen LogP contribution is 2.30. The van der Waals surface area contributed by atoms with Crippen molar-refractivity contribution in [2.24, 2.45) is 5.41 Å². The van der Waals surface area contributed by atoms with Gasteiger partial charge >= 0.3 is 5.97 Å². The summed E-state index contributed by atoms with van der Waals surface area (Å²) >= 11 is 0. The molecule has 13 heavy (non-hydrogen) atoms. The van der Waals surface area contributed by atoms with Crippen molar-refractivity contribution in [2.45, 2.75) is 45.8 Å². The van der Waals surface area contributed by atoms with E-state index in [1.54, 1.807) is 13.8 Å². The zero-order valence-electron chi connectivity index (χ0n) is 8.32. The van der Waals surface area contributed by atoms with Crippen LogP contribution in [-0.2, 0) is 4.79 Å². The van der Waals surface area contributed by atoms with E-state index < -0.39 is 23.6 Å². The summed E-state index contributed by atoms with van der Waals surface area (Å²) in [6, 6.07) is 0. The van der Waals surface area contributed by atoms with Crippen LogP contribution in [0.2, 0.25) is 0 Å². The fraction of sp³-hybridized carbons (Fsp3) is 0.889. The van der Waals surface area contributed by atoms with Gasteiger partial charge in [-0.3, -0.25) is 4.79 Å². The highest BCUT2D eigenvalue weighted by atomic mass is 16.4. The fourth-order valence-corrected chi connectivity index (χ4v) is 1.36. The van der Waals surface area contributed by atoms with E-state index in [0.717, 1.165) is 0 Å². The third kappa shape index (κ3) is 2.19. The standard InChI is InChI=1S/C9H18O4/c1-4-6(10)9(3,8(12)13)7(11)5-2/h6-7,10-11H,4-5H2,1-3H3,(H,12,13). The lowest BCUT2D eigenvalue weighted by Crippen LogP contribution is -2.48. The van der Waals surface area contributed by atoms with E-state index in [4.69, 9.17) is 5.11 Å². The molecule has 0 amide bonds. The predicted octanol–water partition coefficient (Wildman–Crippen LogP) is 0.619. The molecule has 3 N–H and O–H groups in total. The largest absolute Gasteiger partial charge is 0.481 e. The van der Waals surface area contributed by atoms with Gasteiger partial charge in [-0.05, 0) is 19.8 Å². The third-order valence-corrected chi connectivity index (χ3v) is 2.62. The Morgan fingerprint density at radius 2 is 1.54 bits per heavy atom. The molecule has 0 radical (unpaired) electrons. The van der Waals surface area contributed by atoms with Gasteiger partial charge in [-0.15, -0.1) is 0 Å². The van der Waals surface area contributed by atoms with Crippen molar-refractivity contribution in [1.82, 2.24) is 0 Å². The van der Waals surface area contributed by atoms with Crippen LogP contribution in [0.5, 0.6) is 0 Å². The summed E-state index contributed by atoms with van der Waals surface area (Å²) in [5.41, 5.74) is -1.45. The average Bonchev–Trinajstić information content (AvgIpc) is 2.13. The second-order valence-electron chi connectivity index (χ2n) is 3.44. The van der Waals surface area contributed by atoms with Gasteiger partial charge in [0.2, 0.25) is 0 Å². The topological polar surface area (TPSA) is 77.8 Å². The molecule has 0 saturated carbocycles. The van der Waals surface area contributed by atoms with Gasteiger partial charge in [0.1, 0.15) is 5.41 Å². The molecule has 0 aromatic rings. The Bertz CT molecular complexity index is 168. The molecule has 4 heteroatoms. The zero-order valence-corrected chi connectivity index (χ0v) is 8.32. The Kier molecular flexibility index (Phi) is 4.36. The molecule has 0 spiro atoms. The van der Waals surface area contributed by atoms with Crippen LogP contribution in [0.25, 0.3) is 0 Å². The monoisotopic (exact) mass is 190 g/mol. The lowest BCUT2D eigenvalue weighted by atomic mass is 9.76. The predicted molar refractivity (Wildman–Crippen MR) is 48.3 cm³/mol. The lowest BCUT2D eigenvalue weighted by molar-refractivity contribution is -0.166. The molecule has 0 bridgehead atoms. The SMILES string of the molecule is CCC(O)C(C)(C(=O)O)C(O)CC. The number of aliphatic hydroxyl groups excluding tert-OH is 2. The molecule has 0 aromatic heterocycles. The number of carboxylic acids is 1. The second-order valence-corrected chi connectivity index (χ2v) is 3.44. The number of aliphatic hydroxyl groups is 2. The highest BCUT2D eigenvalue weighted by Gasteiger charge is 2.45. The first-order valence-electron chi connectivity index (χ1n) is 4.50. The van der Waals surface area contributed by atoms with Crippen molar-refractivity contribution in [3.63, 3.8) is 0 Å². The maximum Gasteiger partial charge on any atom is 0.314 e. The van der Waals surface area contributed by atoms with E-state index >= 15 is 0 Å². The van der Waals surface area contributed by atoms with Crippen LogP contribution in [0.3, 0.4) is 0 Å². The van der Waals surface area contributed by atoms with Crippen LogP contribution < -0.4 is 0 Å². The van der Waals surface area contributed by atoms with Crippen LogP contribution in [-0.4, -0.2) is 33.5 Å². The Hall–Kier alpha value is -0.610. The molecule has 2 atom stereocenters. The number of carbonyl (C=O) groups is 1. The number of carboxylic acid groups (broad SMARTS) is 1. The molecule has 0 aliphatic carbocycles. The summed E-state index contributed by atoms with van der Waals surface area (Å²) in [6.45, 7) is 4.75. The van der Waals surface area contributed by atoms with Crippen molar-refractivity contribution in [3.8, 4) is 0 Å². The van der Waals surface area contributed by atoms with E-state index in [-0.39, 0.29) is 0 Å². The van der Waals surface area contributed by atoms with Crippen molar-refractivity contribution in [2.75, 3.05) is 0 Å². The molecular formula is C9H18O4. The van der Waals surface area contributed by atoms with Crippen LogP contribution in [0.1, 0.15) is 33.6 Å². The molecule has 0 aliphatic heterocycles. The minimum absolute atomic E-state index is 0.319. The first kappa shape index (κ1) is 12.4. The number of aliphatic carboxylic acids is 1. The van der Waals surface area contributed by atoms with Crippen LogP contribution in [0, 0.1) is 5.41 Å². The molecule has 0 fully saturated rings. The maximum absolute atomic E-state index is 10.9. The fourth-order valence-electron chi connectivity index (χ4n) is 1.36. The normalized spacial score (nSPS) is 20.4. The summed E-state index contributed by atoms with van der Waals surface area (Å²) in [7, 11) is 0. The van der Waals surface area contributed by atoms with Crippen molar-refractivity contribution < 1.29 is 20.1 Å². The van der Waals surface area contributed by atoms with E-state index in [0.29, 0.717) is 12.8 Å². The zero-order chi connectivity index (χ0) is 10.6. The minimum Gasteiger partial charge on any atom is -0.481 e. The Balaban J connectivity index is 4.82. The van der Waals surface area contributed by atoms with Crippen LogP contribution in [0.15, 0.2) is 0 Å². The van der Waals surface area contributed by atoms with Crippen LogP contribution >= 0.6 is 0 Å². The van der Waals surface area contributed by atoms with E-state index in [2.05, 4.69) is 0 Å². The van der Waals surface area contributed by atoms with Gasteiger partial charge in [0.15, 0.2) is 0 Å². The first-order chi connectivity index (χ1) is 5.91. The summed E-state index contributed by atoms with van der Waals surface area (Å²) < 4.78 is 0. The third-order valence-electron chi connectivity index (χ3n) is 2.62. The quantitative estimate of drug-likeness (QED) is 0.594. The van der Waals surface area contributed by atoms with Gasteiger partial charge in [0.05, 0.1) is 12.2 Å². The molecule has 2 unspecified atom stereocenters. The smallest absolute Gasteiger partial charge is 0.314 e. The highest BCUT2D eigenvalue weighted by molar-refractivity contribution is 5.75. The Labute approximate surface area is 78.2 Å². The van der Waals surface area contributed by atoms with Crippen molar-refractivity contribution in [1.29, 1.82) is 0 Å². The molecule has 0 heterocycles. The second kappa shape index (κ2) is 4.58. The van der Waals surface area contributed by atoms with Gasteiger partial charge in [0, 0.05) is 0 Å². The Morgan fingerprint density at radius 1 is 1.23 bits per heavy atom. The molecule has 0 saturated heterocycles. The van der Waals surface area contributed by atoms with E-state index in [1.807, 2.05) is 0 Å². The van der Waals surface area contributed by atoms with Crippen LogP contribution in [0.4, 0.5) is 0 Å².